The van der Waals surface area contributed by atoms with E-state index in [2.05, 4.69) is 5.10 Å². The quantitative estimate of drug-likeness (QED) is 0.677. The second kappa shape index (κ2) is 8.21. The first-order chi connectivity index (χ1) is 13.6. The van der Waals surface area contributed by atoms with E-state index in [1.54, 1.807) is 20.0 Å². The number of nitrogens with zero attached hydrogens (tertiary/aromatic N) is 4. The molecule has 2 heterocycles. The van der Waals surface area contributed by atoms with Gasteiger partial charge >= 0.3 is 0 Å². The molecule has 0 N–H and O–H groups in total. The van der Waals surface area contributed by atoms with Crippen LogP contribution in [-0.2, 0) is 21.9 Å². The molecule has 1 aliphatic heterocycles. The molecule has 7 nitrogen and oxygen atoms in total. The van der Waals surface area contributed by atoms with Crippen molar-refractivity contribution in [1.29, 1.82) is 0 Å². The smallest absolute Gasteiger partial charge is 0.246 e. The summed E-state index contributed by atoms with van der Waals surface area (Å²) in [6, 6.07) is 2.29. The van der Waals surface area contributed by atoms with E-state index in [-0.39, 0.29) is 32.1 Å². The third-order valence-electron chi connectivity index (χ3n) is 4.65. The average Bonchev–Trinajstić information content (AvgIpc) is 2.93. The molecule has 0 saturated carbocycles. The molecule has 0 spiro atoms. The first kappa shape index (κ1) is 21.4. The molecule has 156 valence electrons. The van der Waals surface area contributed by atoms with E-state index < -0.39 is 26.6 Å². The van der Waals surface area contributed by atoms with Gasteiger partial charge in [-0.05, 0) is 31.2 Å². The fourth-order valence-electron chi connectivity index (χ4n) is 3.06. The van der Waals surface area contributed by atoms with Crippen LogP contribution in [0.15, 0.2) is 29.2 Å². The van der Waals surface area contributed by atoms with Crippen molar-refractivity contribution in [3.05, 3.63) is 52.3 Å². The normalized spacial score (nSPS) is 16.0. The molecule has 1 saturated heterocycles. The molecule has 0 unspecified atom stereocenters. The van der Waals surface area contributed by atoms with Crippen molar-refractivity contribution in [1.82, 2.24) is 19.0 Å². The van der Waals surface area contributed by atoms with E-state index in [4.69, 9.17) is 11.6 Å². The highest BCUT2D eigenvalue weighted by atomic mass is 35.5. The number of hydrogen-bond donors (Lipinski definition) is 0. The Bertz CT molecular complexity index is 1080. The maximum absolute atomic E-state index is 13.9. The average molecular weight is 445 g/mol. The Balaban J connectivity index is 1.67. The summed E-state index contributed by atoms with van der Waals surface area (Å²) < 4.78 is 55.0. The van der Waals surface area contributed by atoms with Gasteiger partial charge in [0.05, 0.1) is 5.69 Å². The number of halogens is 3. The van der Waals surface area contributed by atoms with Gasteiger partial charge in [0.1, 0.15) is 21.7 Å². The summed E-state index contributed by atoms with van der Waals surface area (Å²) in [6.07, 6.45) is 2.92. The fraction of sp³-hybridized carbons (Fsp3) is 0.333. The van der Waals surface area contributed by atoms with E-state index in [0.717, 1.165) is 16.4 Å². The Morgan fingerprint density at radius 2 is 1.86 bits per heavy atom. The van der Waals surface area contributed by atoms with Gasteiger partial charge < -0.3 is 4.90 Å². The van der Waals surface area contributed by atoms with Crippen LogP contribution in [-0.4, -0.2) is 59.5 Å². The zero-order valence-electron chi connectivity index (χ0n) is 15.8. The maximum Gasteiger partial charge on any atom is 0.246 e. The highest BCUT2D eigenvalue weighted by molar-refractivity contribution is 7.89. The van der Waals surface area contributed by atoms with Crippen LogP contribution < -0.4 is 0 Å². The Hall–Kier alpha value is -2.30. The number of aromatic nitrogens is 2. The van der Waals surface area contributed by atoms with Crippen LogP contribution in [0.1, 0.15) is 11.3 Å². The van der Waals surface area contributed by atoms with Gasteiger partial charge in [0.25, 0.3) is 0 Å². The summed E-state index contributed by atoms with van der Waals surface area (Å²) in [7, 11) is -2.50. The number of sulfonamides is 1. The molecule has 0 radical (unpaired) electrons. The van der Waals surface area contributed by atoms with Crippen LogP contribution in [0.25, 0.3) is 6.08 Å². The van der Waals surface area contributed by atoms with Crippen LogP contribution in [0.5, 0.6) is 0 Å². The topological polar surface area (TPSA) is 75.5 Å². The lowest BCUT2D eigenvalue weighted by atomic mass is 10.2. The van der Waals surface area contributed by atoms with E-state index in [1.807, 2.05) is 0 Å². The predicted molar refractivity (Wildman–Crippen MR) is 104 cm³/mol. The number of aryl methyl sites for hydroxylation is 2. The van der Waals surface area contributed by atoms with Gasteiger partial charge in [0.15, 0.2) is 0 Å². The van der Waals surface area contributed by atoms with Crippen molar-refractivity contribution in [2.75, 3.05) is 26.2 Å². The zero-order chi connectivity index (χ0) is 21.3. The molecule has 0 bridgehead atoms. The minimum absolute atomic E-state index is 0.0233. The second-order valence-corrected chi connectivity index (χ2v) is 8.82. The number of piperazine rings is 1. The van der Waals surface area contributed by atoms with Crippen LogP contribution in [0, 0.1) is 18.6 Å². The van der Waals surface area contributed by atoms with Gasteiger partial charge in [-0.15, -0.1) is 0 Å². The minimum Gasteiger partial charge on any atom is -0.337 e. The zero-order valence-corrected chi connectivity index (χ0v) is 17.3. The number of carbonyl (C=O) groups is 1. The lowest BCUT2D eigenvalue weighted by Gasteiger charge is -2.33. The SMILES string of the molecule is Cc1nn(C)c(Cl)c1/C=C/C(=O)N1CCN(S(=O)(=O)c2cc(F)ccc2F)CC1. The molecule has 3 rings (SSSR count). The Labute approximate surface area is 172 Å². The Morgan fingerprint density at radius 3 is 2.45 bits per heavy atom. The monoisotopic (exact) mass is 444 g/mol. The van der Waals surface area contributed by atoms with Crippen molar-refractivity contribution < 1.29 is 22.0 Å². The van der Waals surface area contributed by atoms with Crippen molar-refractivity contribution in [2.45, 2.75) is 11.8 Å². The summed E-state index contributed by atoms with van der Waals surface area (Å²) >= 11 is 6.13. The van der Waals surface area contributed by atoms with Crippen molar-refractivity contribution in [3.63, 3.8) is 0 Å². The number of rotatable bonds is 4. The van der Waals surface area contributed by atoms with Gasteiger partial charge in [-0.2, -0.15) is 9.40 Å². The fourth-order valence-corrected chi connectivity index (χ4v) is 4.79. The summed E-state index contributed by atoms with van der Waals surface area (Å²) in [5, 5.41) is 4.56. The standard InChI is InChI=1S/C18H19ClF2N4O3S/c1-12-14(18(19)23(2)22-12)4-6-17(26)24-7-9-25(10-8-24)29(27,28)16-11-13(20)3-5-15(16)21/h3-6,11H,7-10H2,1-2H3/b6-4+. The summed E-state index contributed by atoms with van der Waals surface area (Å²) in [5.74, 6) is -2.16. The van der Waals surface area contributed by atoms with E-state index in [9.17, 15) is 22.0 Å². The summed E-state index contributed by atoms with van der Waals surface area (Å²) in [5.41, 5.74) is 1.31. The Kier molecular flexibility index (Phi) is 6.06. The van der Waals surface area contributed by atoms with Gasteiger partial charge in [-0.3, -0.25) is 9.48 Å². The molecule has 29 heavy (non-hydrogen) atoms. The first-order valence-corrected chi connectivity index (χ1v) is 10.5. The van der Waals surface area contributed by atoms with Gasteiger partial charge in [0, 0.05) is 44.9 Å². The third-order valence-corrected chi connectivity index (χ3v) is 7.01. The number of hydrogen-bond acceptors (Lipinski definition) is 4. The second-order valence-electron chi connectivity index (χ2n) is 6.55. The van der Waals surface area contributed by atoms with Crippen molar-refractivity contribution in [2.24, 2.45) is 7.05 Å². The van der Waals surface area contributed by atoms with Crippen LogP contribution in [0.3, 0.4) is 0 Å². The van der Waals surface area contributed by atoms with Gasteiger partial charge in [-0.1, -0.05) is 11.6 Å². The lowest BCUT2D eigenvalue weighted by Crippen LogP contribution is -2.50. The molecule has 1 aromatic carbocycles. The number of amides is 1. The molecule has 1 aliphatic rings. The number of benzene rings is 1. The minimum atomic E-state index is -4.19. The molecule has 0 aliphatic carbocycles. The Morgan fingerprint density at radius 1 is 1.21 bits per heavy atom. The van der Waals surface area contributed by atoms with E-state index in [1.165, 1.54) is 15.7 Å². The van der Waals surface area contributed by atoms with Gasteiger partial charge in [0.2, 0.25) is 15.9 Å². The third kappa shape index (κ3) is 4.34. The van der Waals surface area contributed by atoms with Gasteiger partial charge in [-0.25, -0.2) is 17.2 Å². The predicted octanol–water partition coefficient (Wildman–Crippen LogP) is 2.21. The molecule has 1 aromatic heterocycles. The highest BCUT2D eigenvalue weighted by Crippen LogP contribution is 2.23. The highest BCUT2D eigenvalue weighted by Gasteiger charge is 2.31. The molecular formula is C18H19ClF2N4O3S. The molecule has 2 aromatic rings. The molecule has 1 fully saturated rings. The summed E-state index contributed by atoms with van der Waals surface area (Å²) in [6.45, 7) is 1.97. The van der Waals surface area contributed by atoms with Crippen LogP contribution >= 0.6 is 11.6 Å². The maximum atomic E-state index is 13.9. The largest absolute Gasteiger partial charge is 0.337 e. The van der Waals surface area contributed by atoms with E-state index in [0.29, 0.717) is 22.5 Å². The molecular weight excluding hydrogens is 426 g/mol. The van der Waals surface area contributed by atoms with Crippen molar-refractivity contribution in [3.8, 4) is 0 Å². The summed E-state index contributed by atoms with van der Waals surface area (Å²) in [4.78, 5) is 13.2. The van der Waals surface area contributed by atoms with E-state index >= 15 is 0 Å². The first-order valence-electron chi connectivity index (χ1n) is 8.72. The number of carbonyl (C=O) groups excluding carboxylic acids is 1. The van der Waals surface area contributed by atoms with Crippen LogP contribution in [0.4, 0.5) is 8.78 Å². The molecule has 0 atom stereocenters. The molecule has 1 amide bonds. The molecule has 11 heteroatoms. The van der Waals surface area contributed by atoms with Crippen LogP contribution in [0.2, 0.25) is 5.15 Å². The van der Waals surface area contributed by atoms with Crippen molar-refractivity contribution >= 4 is 33.6 Å². The lowest BCUT2D eigenvalue weighted by molar-refractivity contribution is -0.127.